The predicted molar refractivity (Wildman–Crippen MR) is 74.9 cm³/mol. The summed E-state index contributed by atoms with van der Waals surface area (Å²) in [4.78, 5) is 9.80. The van der Waals surface area contributed by atoms with Gasteiger partial charge in [-0.25, -0.2) is 0 Å². The van der Waals surface area contributed by atoms with Gasteiger partial charge in [-0.2, -0.15) is 4.39 Å². The summed E-state index contributed by atoms with van der Waals surface area (Å²) in [7, 11) is 0. The second kappa shape index (κ2) is 6.25. The second-order valence-corrected chi connectivity index (χ2v) is 4.70. The normalized spacial score (nSPS) is 12.1. The zero-order valence-electron chi connectivity index (χ0n) is 10.8. The molecule has 4 nitrogen and oxygen atoms in total. The van der Waals surface area contributed by atoms with E-state index < -0.39 is 16.4 Å². The van der Waals surface area contributed by atoms with Gasteiger partial charge in [0.1, 0.15) is 0 Å². The lowest BCUT2D eigenvalue weighted by Gasteiger charge is -2.11. The maximum absolute atomic E-state index is 13.5. The van der Waals surface area contributed by atoms with Crippen molar-refractivity contribution in [1.82, 2.24) is 0 Å². The molecule has 2 N–H and O–H groups in total. The quantitative estimate of drug-likeness (QED) is 0.673. The first-order chi connectivity index (χ1) is 9.56. The Kier molecular flexibility index (Phi) is 4.42. The highest BCUT2D eigenvalue weighted by Gasteiger charge is 2.15. The number of halogens is 1. The Morgan fingerprint density at radius 3 is 2.35 bits per heavy atom. The van der Waals surface area contributed by atoms with Crippen molar-refractivity contribution in [3.05, 3.63) is 75.6 Å². The van der Waals surface area contributed by atoms with E-state index in [0.29, 0.717) is 18.4 Å². The molecular formula is C15H15FN2O2. The number of benzene rings is 2. The van der Waals surface area contributed by atoms with Gasteiger partial charge in [0.2, 0.25) is 5.82 Å². The lowest BCUT2D eigenvalue weighted by molar-refractivity contribution is -0.387. The molecule has 0 bridgehead atoms. The molecule has 0 saturated carbocycles. The molecule has 0 fully saturated rings. The molecule has 1 unspecified atom stereocenters. The average Bonchev–Trinajstić information content (AvgIpc) is 2.39. The van der Waals surface area contributed by atoms with E-state index >= 15 is 0 Å². The van der Waals surface area contributed by atoms with Gasteiger partial charge in [-0.1, -0.05) is 36.4 Å². The number of rotatable bonds is 5. The van der Waals surface area contributed by atoms with Crippen LogP contribution in [0, 0.1) is 15.9 Å². The first-order valence-electron chi connectivity index (χ1n) is 6.28. The van der Waals surface area contributed by atoms with Crippen LogP contribution in [-0.4, -0.2) is 11.0 Å². The van der Waals surface area contributed by atoms with Crippen molar-refractivity contribution >= 4 is 5.69 Å². The van der Waals surface area contributed by atoms with Crippen LogP contribution in [-0.2, 0) is 12.8 Å². The zero-order chi connectivity index (χ0) is 14.5. The second-order valence-electron chi connectivity index (χ2n) is 4.70. The highest BCUT2D eigenvalue weighted by Crippen LogP contribution is 2.19. The van der Waals surface area contributed by atoms with Crippen LogP contribution in [0.3, 0.4) is 0 Å². The van der Waals surface area contributed by atoms with Gasteiger partial charge in [0.15, 0.2) is 0 Å². The third kappa shape index (κ3) is 3.61. The van der Waals surface area contributed by atoms with Crippen molar-refractivity contribution in [1.29, 1.82) is 0 Å². The number of nitrogens with zero attached hydrogens (tertiary/aromatic N) is 1. The Labute approximate surface area is 116 Å². The van der Waals surface area contributed by atoms with Gasteiger partial charge in [-0.3, -0.25) is 10.1 Å². The maximum Gasteiger partial charge on any atom is 0.304 e. The highest BCUT2D eigenvalue weighted by atomic mass is 19.1. The lowest BCUT2D eigenvalue weighted by Crippen LogP contribution is -2.25. The van der Waals surface area contributed by atoms with E-state index in [-0.39, 0.29) is 6.04 Å². The number of nitro groups is 1. The SMILES string of the molecule is NC(Cc1ccccc1)Cc1ccc([N+](=O)[O-])c(F)c1. The molecule has 1 atom stereocenters. The molecule has 0 aliphatic carbocycles. The summed E-state index contributed by atoms with van der Waals surface area (Å²) in [6.45, 7) is 0. The summed E-state index contributed by atoms with van der Waals surface area (Å²) in [5.41, 5.74) is 7.30. The Morgan fingerprint density at radius 2 is 1.75 bits per heavy atom. The van der Waals surface area contributed by atoms with Crippen molar-refractivity contribution in [3.8, 4) is 0 Å². The number of nitrogens with two attached hydrogens (primary N) is 1. The molecule has 20 heavy (non-hydrogen) atoms. The standard InChI is InChI=1S/C15H15FN2O2/c16-14-10-12(6-7-15(14)18(19)20)9-13(17)8-11-4-2-1-3-5-11/h1-7,10,13H,8-9,17H2. The maximum atomic E-state index is 13.5. The Morgan fingerprint density at radius 1 is 1.10 bits per heavy atom. The van der Waals surface area contributed by atoms with Gasteiger partial charge in [0, 0.05) is 12.1 Å². The molecule has 0 spiro atoms. The molecule has 0 aliphatic heterocycles. The highest BCUT2D eigenvalue weighted by molar-refractivity contribution is 5.35. The predicted octanol–water partition coefficient (Wildman–Crippen LogP) is 2.85. The van der Waals surface area contributed by atoms with E-state index in [2.05, 4.69) is 0 Å². The van der Waals surface area contributed by atoms with Gasteiger partial charge < -0.3 is 5.73 Å². The minimum Gasteiger partial charge on any atom is -0.327 e. The van der Waals surface area contributed by atoms with Gasteiger partial charge >= 0.3 is 5.69 Å². The van der Waals surface area contributed by atoms with Gasteiger partial charge in [-0.05, 0) is 30.0 Å². The van der Waals surface area contributed by atoms with Crippen molar-refractivity contribution < 1.29 is 9.31 Å². The van der Waals surface area contributed by atoms with E-state index in [9.17, 15) is 14.5 Å². The minimum absolute atomic E-state index is 0.154. The van der Waals surface area contributed by atoms with Crippen LogP contribution < -0.4 is 5.73 Å². The van der Waals surface area contributed by atoms with Crippen molar-refractivity contribution in [3.63, 3.8) is 0 Å². The van der Waals surface area contributed by atoms with E-state index in [4.69, 9.17) is 5.73 Å². The molecule has 0 saturated heterocycles. The minimum atomic E-state index is -0.820. The summed E-state index contributed by atoms with van der Waals surface area (Å²) >= 11 is 0. The molecule has 0 aliphatic rings. The monoisotopic (exact) mass is 274 g/mol. The van der Waals surface area contributed by atoms with E-state index in [1.807, 2.05) is 30.3 Å². The fourth-order valence-corrected chi connectivity index (χ4v) is 2.12. The average molecular weight is 274 g/mol. The van der Waals surface area contributed by atoms with Crippen LogP contribution in [0.25, 0.3) is 0 Å². The zero-order valence-corrected chi connectivity index (χ0v) is 10.8. The molecule has 0 radical (unpaired) electrons. The molecule has 2 aromatic rings. The topological polar surface area (TPSA) is 69.2 Å². The van der Waals surface area contributed by atoms with Crippen LogP contribution >= 0.6 is 0 Å². The lowest BCUT2D eigenvalue weighted by atomic mass is 9.99. The molecule has 0 heterocycles. The third-order valence-electron chi connectivity index (χ3n) is 3.05. The fourth-order valence-electron chi connectivity index (χ4n) is 2.12. The van der Waals surface area contributed by atoms with Crippen molar-refractivity contribution in [2.75, 3.05) is 0 Å². The number of hydrogen-bond donors (Lipinski definition) is 1. The summed E-state index contributed by atoms with van der Waals surface area (Å²) in [5.74, 6) is -0.820. The smallest absolute Gasteiger partial charge is 0.304 e. The van der Waals surface area contributed by atoms with Crippen LogP contribution in [0.2, 0.25) is 0 Å². The first-order valence-corrected chi connectivity index (χ1v) is 6.28. The van der Waals surface area contributed by atoms with Gasteiger partial charge in [-0.15, -0.1) is 0 Å². The summed E-state index contributed by atoms with van der Waals surface area (Å²) in [5, 5.41) is 10.5. The Bertz CT molecular complexity index is 602. The molecule has 0 aromatic heterocycles. The van der Waals surface area contributed by atoms with Crippen LogP contribution in [0.15, 0.2) is 48.5 Å². The van der Waals surface area contributed by atoms with Crippen molar-refractivity contribution in [2.45, 2.75) is 18.9 Å². The molecule has 5 heteroatoms. The van der Waals surface area contributed by atoms with Crippen LogP contribution in [0.5, 0.6) is 0 Å². The molecule has 0 amide bonds. The van der Waals surface area contributed by atoms with Crippen molar-refractivity contribution in [2.24, 2.45) is 5.73 Å². The largest absolute Gasteiger partial charge is 0.327 e. The van der Waals surface area contributed by atoms with E-state index in [1.54, 1.807) is 6.07 Å². The van der Waals surface area contributed by atoms with E-state index in [1.165, 1.54) is 12.1 Å². The summed E-state index contributed by atoms with van der Waals surface area (Å²) < 4.78 is 13.5. The van der Waals surface area contributed by atoms with E-state index in [0.717, 1.165) is 5.56 Å². The van der Waals surface area contributed by atoms with Crippen LogP contribution in [0.1, 0.15) is 11.1 Å². The van der Waals surface area contributed by atoms with Crippen LogP contribution in [0.4, 0.5) is 10.1 Å². The molecule has 2 rings (SSSR count). The fraction of sp³-hybridized carbons (Fsp3) is 0.200. The number of nitro benzene ring substituents is 1. The number of hydrogen-bond acceptors (Lipinski definition) is 3. The summed E-state index contributed by atoms with van der Waals surface area (Å²) in [6, 6.07) is 13.5. The third-order valence-corrected chi connectivity index (χ3v) is 3.05. The molecule has 104 valence electrons. The Hall–Kier alpha value is -2.27. The van der Waals surface area contributed by atoms with Gasteiger partial charge in [0.25, 0.3) is 0 Å². The van der Waals surface area contributed by atoms with Gasteiger partial charge in [0.05, 0.1) is 4.92 Å². The summed E-state index contributed by atoms with van der Waals surface area (Å²) in [6.07, 6.45) is 1.16. The molecular weight excluding hydrogens is 259 g/mol. The molecule has 2 aromatic carbocycles. The Balaban J connectivity index is 2.03. The first kappa shape index (κ1) is 14.1.